The van der Waals surface area contributed by atoms with Crippen LogP contribution in [0.2, 0.25) is 0 Å². The second kappa shape index (κ2) is 14.6. The second-order valence-corrected chi connectivity index (χ2v) is 12.2. The number of hydrogen-bond acceptors (Lipinski definition) is 11. The average molecular weight is 620 g/mol. The van der Waals surface area contributed by atoms with Crippen molar-refractivity contribution in [3.05, 3.63) is 44.2 Å². The molecule has 4 rings (SSSR count). The lowest BCUT2D eigenvalue weighted by Gasteiger charge is -2.25. The van der Waals surface area contributed by atoms with E-state index in [9.17, 15) is 19.2 Å². The summed E-state index contributed by atoms with van der Waals surface area (Å²) in [5.41, 5.74) is 0.550. The number of hydrogen-bond donors (Lipinski definition) is 2. The van der Waals surface area contributed by atoms with Crippen LogP contribution in [0.3, 0.4) is 0 Å². The third-order valence-corrected chi connectivity index (χ3v) is 9.50. The topological polar surface area (TPSA) is 142 Å². The summed E-state index contributed by atoms with van der Waals surface area (Å²) in [5, 5.41) is 17.1. The molecule has 41 heavy (non-hydrogen) atoms. The first kappa shape index (κ1) is 30.7. The zero-order valence-corrected chi connectivity index (χ0v) is 25.6. The Labute approximate surface area is 250 Å². The van der Waals surface area contributed by atoms with Crippen LogP contribution in [0.25, 0.3) is 0 Å². The molecule has 0 radical (unpaired) electrons. The highest BCUT2D eigenvalue weighted by molar-refractivity contribution is 7.99. The Morgan fingerprint density at radius 1 is 1.07 bits per heavy atom. The number of carbonyl (C=O) groups is 4. The molecule has 3 aromatic rings. The largest absolute Gasteiger partial charge is 0.462 e. The number of carbonyl (C=O) groups excluding carboxylic acids is 4. The van der Waals surface area contributed by atoms with E-state index >= 15 is 0 Å². The number of thiophene rings is 2. The zero-order chi connectivity index (χ0) is 29.4. The molecule has 2 amide bonds. The summed E-state index contributed by atoms with van der Waals surface area (Å²) in [6.45, 7) is 5.57. The predicted molar refractivity (Wildman–Crippen MR) is 158 cm³/mol. The quantitative estimate of drug-likeness (QED) is 0.206. The van der Waals surface area contributed by atoms with E-state index in [1.165, 1.54) is 29.5 Å². The van der Waals surface area contributed by atoms with Gasteiger partial charge in [0.05, 0.1) is 36.0 Å². The van der Waals surface area contributed by atoms with Gasteiger partial charge >= 0.3 is 11.9 Å². The molecule has 1 aliphatic carbocycles. The maximum atomic E-state index is 13.1. The molecule has 0 aromatic carbocycles. The smallest absolute Gasteiger partial charge is 0.348 e. The highest BCUT2D eigenvalue weighted by Crippen LogP contribution is 2.35. The normalized spacial score (nSPS) is 13.5. The van der Waals surface area contributed by atoms with Crippen molar-refractivity contribution in [2.45, 2.75) is 70.6 Å². The summed E-state index contributed by atoms with van der Waals surface area (Å²) < 4.78 is 12.3. The summed E-state index contributed by atoms with van der Waals surface area (Å²) in [4.78, 5) is 51.5. The van der Waals surface area contributed by atoms with Gasteiger partial charge in [-0.25, -0.2) is 9.59 Å². The highest BCUT2D eigenvalue weighted by Gasteiger charge is 2.28. The van der Waals surface area contributed by atoms with Crippen molar-refractivity contribution < 1.29 is 28.7 Å². The molecular weight excluding hydrogens is 587 g/mol. The molecule has 0 spiro atoms. The van der Waals surface area contributed by atoms with Gasteiger partial charge in [-0.2, -0.15) is 0 Å². The van der Waals surface area contributed by atoms with Crippen LogP contribution in [0.4, 0.5) is 5.00 Å². The molecule has 220 valence electrons. The Morgan fingerprint density at radius 2 is 1.80 bits per heavy atom. The summed E-state index contributed by atoms with van der Waals surface area (Å²) >= 11 is 3.59. The average Bonchev–Trinajstić information content (AvgIpc) is 3.71. The molecule has 0 unspecified atom stereocenters. The molecular formula is C27H33N5O6S3. The first-order valence-corrected chi connectivity index (χ1v) is 16.2. The van der Waals surface area contributed by atoms with Crippen molar-refractivity contribution in [1.29, 1.82) is 0 Å². The van der Waals surface area contributed by atoms with Crippen LogP contribution in [-0.4, -0.2) is 57.5 Å². The third kappa shape index (κ3) is 7.54. The van der Waals surface area contributed by atoms with Crippen molar-refractivity contribution in [3.63, 3.8) is 0 Å². The van der Waals surface area contributed by atoms with Gasteiger partial charge in [0.25, 0.3) is 5.91 Å². The van der Waals surface area contributed by atoms with Gasteiger partial charge < -0.3 is 24.7 Å². The molecule has 0 bridgehead atoms. The summed E-state index contributed by atoms with van der Waals surface area (Å²) in [5.74, 6) is -1.08. The van der Waals surface area contributed by atoms with Crippen LogP contribution in [0.1, 0.15) is 93.1 Å². The van der Waals surface area contributed by atoms with Crippen LogP contribution in [0.5, 0.6) is 0 Å². The van der Waals surface area contributed by atoms with E-state index in [1.54, 1.807) is 26.8 Å². The van der Waals surface area contributed by atoms with Gasteiger partial charge in [0.1, 0.15) is 9.88 Å². The van der Waals surface area contributed by atoms with Gasteiger partial charge in [0, 0.05) is 6.04 Å². The zero-order valence-electron chi connectivity index (χ0n) is 23.2. The maximum absolute atomic E-state index is 13.1. The lowest BCUT2D eigenvalue weighted by Crippen LogP contribution is -2.26. The summed E-state index contributed by atoms with van der Waals surface area (Å²) in [6.07, 6.45) is 5.29. The van der Waals surface area contributed by atoms with E-state index in [4.69, 9.17) is 9.47 Å². The molecule has 0 saturated heterocycles. The third-order valence-electron chi connectivity index (χ3n) is 6.50. The molecule has 3 heterocycles. The van der Waals surface area contributed by atoms with Crippen molar-refractivity contribution in [2.24, 2.45) is 0 Å². The Hall–Kier alpha value is -3.23. The first-order chi connectivity index (χ1) is 19.8. The van der Waals surface area contributed by atoms with Gasteiger partial charge in [-0.1, -0.05) is 37.1 Å². The van der Waals surface area contributed by atoms with E-state index in [1.807, 2.05) is 16.0 Å². The van der Waals surface area contributed by atoms with Crippen LogP contribution in [0, 0.1) is 6.92 Å². The van der Waals surface area contributed by atoms with E-state index < -0.39 is 11.9 Å². The van der Waals surface area contributed by atoms with Crippen molar-refractivity contribution >= 4 is 63.2 Å². The van der Waals surface area contributed by atoms with E-state index in [0.717, 1.165) is 37.0 Å². The molecule has 0 aliphatic heterocycles. The predicted octanol–water partition coefficient (Wildman–Crippen LogP) is 5.23. The number of esters is 2. The SMILES string of the molecule is CCOC(=O)c1sc(NC(=O)CSc2nnc(CNC(=O)c3cccs3)n2C2CCCCC2)c(C(=O)OCC)c1C. The fraction of sp³-hybridized carbons (Fsp3) is 0.481. The minimum atomic E-state index is -0.619. The fourth-order valence-electron chi connectivity index (χ4n) is 4.62. The highest BCUT2D eigenvalue weighted by atomic mass is 32.2. The second-order valence-electron chi connectivity index (χ2n) is 9.26. The number of thioether (sulfide) groups is 1. The summed E-state index contributed by atoms with van der Waals surface area (Å²) in [6, 6.07) is 3.78. The van der Waals surface area contributed by atoms with Crippen molar-refractivity contribution in [1.82, 2.24) is 20.1 Å². The molecule has 1 saturated carbocycles. The lowest BCUT2D eigenvalue weighted by molar-refractivity contribution is -0.113. The monoisotopic (exact) mass is 619 g/mol. The molecule has 14 heteroatoms. The molecule has 0 atom stereocenters. The van der Waals surface area contributed by atoms with E-state index in [2.05, 4.69) is 20.8 Å². The van der Waals surface area contributed by atoms with Gasteiger partial charge in [0.2, 0.25) is 5.91 Å². The maximum Gasteiger partial charge on any atom is 0.348 e. The Bertz CT molecular complexity index is 1380. The first-order valence-electron chi connectivity index (χ1n) is 13.5. The molecule has 2 N–H and O–H groups in total. The van der Waals surface area contributed by atoms with Gasteiger partial charge in [-0.3, -0.25) is 9.59 Å². The Balaban J connectivity index is 1.49. The number of nitrogens with zero attached hydrogens (tertiary/aromatic N) is 3. The Morgan fingerprint density at radius 3 is 2.49 bits per heavy atom. The minimum absolute atomic E-state index is 0.000358. The van der Waals surface area contributed by atoms with Crippen molar-refractivity contribution in [2.75, 3.05) is 24.3 Å². The molecule has 11 nitrogen and oxygen atoms in total. The van der Waals surface area contributed by atoms with Gasteiger partial charge in [-0.15, -0.1) is 32.9 Å². The van der Waals surface area contributed by atoms with Crippen LogP contribution in [-0.2, 0) is 20.8 Å². The number of ether oxygens (including phenoxy) is 2. The van der Waals surface area contributed by atoms with E-state index in [-0.39, 0.29) is 58.8 Å². The number of amides is 2. The van der Waals surface area contributed by atoms with Gasteiger partial charge in [-0.05, 0) is 50.6 Å². The van der Waals surface area contributed by atoms with Crippen LogP contribution >= 0.6 is 34.4 Å². The number of anilines is 1. The number of nitrogens with one attached hydrogen (secondary N) is 2. The molecule has 1 aliphatic rings. The summed E-state index contributed by atoms with van der Waals surface area (Å²) in [7, 11) is 0. The fourth-order valence-corrected chi connectivity index (χ4v) is 7.19. The minimum Gasteiger partial charge on any atom is -0.462 e. The standard InChI is InChI=1S/C27H33N5O6S3/c1-4-37-25(35)21-16(3)22(26(36)38-5-2)41-24(21)29-20(33)15-40-27-31-30-19(32(27)17-10-7-6-8-11-17)14-28-23(34)18-12-9-13-39-18/h9,12-13,17H,4-8,10-11,14-15H2,1-3H3,(H,28,34)(H,29,33). The van der Waals surface area contributed by atoms with Gasteiger partial charge in [0.15, 0.2) is 11.0 Å². The lowest BCUT2D eigenvalue weighted by atomic mass is 9.95. The van der Waals surface area contributed by atoms with Crippen molar-refractivity contribution in [3.8, 4) is 0 Å². The van der Waals surface area contributed by atoms with Crippen LogP contribution in [0.15, 0.2) is 22.7 Å². The Kier molecular flexibility index (Phi) is 10.9. The molecule has 1 fully saturated rings. The number of rotatable bonds is 12. The number of aromatic nitrogens is 3. The molecule has 3 aromatic heterocycles. The van der Waals surface area contributed by atoms with E-state index in [0.29, 0.717) is 21.4 Å². The van der Waals surface area contributed by atoms with Crippen LogP contribution < -0.4 is 10.6 Å².